The van der Waals surface area contributed by atoms with Crippen LogP contribution in [0.3, 0.4) is 0 Å². The third-order valence-corrected chi connectivity index (χ3v) is 7.50. The number of piperazine rings is 1. The summed E-state index contributed by atoms with van der Waals surface area (Å²) in [7, 11) is -2.34. The van der Waals surface area contributed by atoms with E-state index in [2.05, 4.69) is 15.3 Å². The number of ether oxygens (including phenoxy) is 1. The topological polar surface area (TPSA) is 96.8 Å². The fraction of sp³-hybridized carbons (Fsp3) is 0.333. The smallest absolute Gasteiger partial charge is 0.263 e. The molecule has 3 aromatic rings. The minimum absolute atomic E-state index is 0.0440. The maximum Gasteiger partial charge on any atom is 0.263 e. The van der Waals surface area contributed by atoms with E-state index in [0.29, 0.717) is 26.2 Å². The van der Waals surface area contributed by atoms with E-state index in [1.165, 1.54) is 15.2 Å². The molecule has 1 amide bonds. The number of carbonyl (C=O) groups is 1. The number of aromatic nitrogens is 2. The third-order valence-electron chi connectivity index (χ3n) is 5.66. The van der Waals surface area contributed by atoms with Crippen molar-refractivity contribution in [1.29, 1.82) is 0 Å². The molecule has 0 unspecified atom stereocenters. The summed E-state index contributed by atoms with van der Waals surface area (Å²) >= 11 is 0. The van der Waals surface area contributed by atoms with Gasteiger partial charge in [-0.3, -0.25) is 9.48 Å². The second kappa shape index (κ2) is 10.3. The molecule has 1 aliphatic heterocycles. The number of carbonyl (C=O) groups excluding carboxylic acids is 1. The SMILES string of the molecule is CCOc1ccccc1N1CCN(S(=O)(=O)c2nn(C)cc2C(=O)NCc2ccccc2)CC1. The number of amides is 1. The Balaban J connectivity index is 1.47. The number of hydrogen-bond donors (Lipinski definition) is 1. The van der Waals surface area contributed by atoms with Gasteiger partial charge in [0.05, 0.1) is 17.9 Å². The molecule has 4 rings (SSSR count). The van der Waals surface area contributed by atoms with E-state index < -0.39 is 15.9 Å². The summed E-state index contributed by atoms with van der Waals surface area (Å²) in [5.74, 6) is 0.309. The summed E-state index contributed by atoms with van der Waals surface area (Å²) in [6, 6.07) is 17.2. The van der Waals surface area contributed by atoms with Crippen molar-refractivity contribution in [3.8, 4) is 5.75 Å². The molecule has 0 bridgehead atoms. The van der Waals surface area contributed by atoms with E-state index in [4.69, 9.17) is 4.74 Å². The number of para-hydroxylation sites is 2. The summed E-state index contributed by atoms with van der Waals surface area (Å²) in [5.41, 5.74) is 1.91. The number of hydrogen-bond acceptors (Lipinski definition) is 6. The molecule has 0 atom stereocenters. The average Bonchev–Trinajstić information content (AvgIpc) is 3.26. The zero-order valence-corrected chi connectivity index (χ0v) is 20.2. The fourth-order valence-corrected chi connectivity index (χ4v) is 5.52. The predicted molar refractivity (Wildman–Crippen MR) is 129 cm³/mol. The van der Waals surface area contributed by atoms with Crippen LogP contribution in [0.5, 0.6) is 5.75 Å². The van der Waals surface area contributed by atoms with Crippen molar-refractivity contribution in [2.75, 3.05) is 37.7 Å². The predicted octanol–water partition coefficient (Wildman–Crippen LogP) is 2.26. The first-order chi connectivity index (χ1) is 16.4. The lowest BCUT2D eigenvalue weighted by atomic mass is 10.2. The van der Waals surface area contributed by atoms with Gasteiger partial charge in [0.15, 0.2) is 0 Å². The first-order valence-corrected chi connectivity index (χ1v) is 12.7. The highest BCUT2D eigenvalue weighted by Crippen LogP contribution is 2.30. The van der Waals surface area contributed by atoms with Crippen molar-refractivity contribution < 1.29 is 17.9 Å². The van der Waals surface area contributed by atoms with Gasteiger partial charge >= 0.3 is 0 Å². The molecular formula is C24H29N5O4S. The molecule has 2 aromatic carbocycles. The number of sulfonamides is 1. The zero-order valence-electron chi connectivity index (χ0n) is 19.3. The second-order valence-electron chi connectivity index (χ2n) is 7.98. The molecule has 180 valence electrons. The van der Waals surface area contributed by atoms with Gasteiger partial charge in [-0.25, -0.2) is 8.42 Å². The summed E-state index contributed by atoms with van der Waals surface area (Å²) in [6.07, 6.45) is 1.45. The Morgan fingerprint density at radius 2 is 1.71 bits per heavy atom. The highest BCUT2D eigenvalue weighted by molar-refractivity contribution is 7.89. The Labute approximate surface area is 200 Å². The zero-order chi connectivity index (χ0) is 24.1. The highest BCUT2D eigenvalue weighted by atomic mass is 32.2. The lowest BCUT2D eigenvalue weighted by Gasteiger charge is -2.35. The lowest BCUT2D eigenvalue weighted by Crippen LogP contribution is -2.49. The van der Waals surface area contributed by atoms with Crippen LogP contribution in [-0.4, -0.2) is 61.2 Å². The van der Waals surface area contributed by atoms with Gasteiger partial charge in [0.25, 0.3) is 15.9 Å². The standard InChI is InChI=1S/C24H29N5O4S/c1-3-33-22-12-8-7-11-21(22)28-13-15-29(16-14-28)34(31,32)24-20(18-27(2)26-24)23(30)25-17-19-9-5-4-6-10-19/h4-12,18H,3,13-17H2,1-2H3,(H,25,30). The van der Waals surface area contributed by atoms with Crippen molar-refractivity contribution in [2.45, 2.75) is 18.5 Å². The van der Waals surface area contributed by atoms with Gasteiger partial charge in [0.2, 0.25) is 5.03 Å². The van der Waals surface area contributed by atoms with Crippen molar-refractivity contribution >= 4 is 21.6 Å². The van der Waals surface area contributed by atoms with E-state index in [9.17, 15) is 13.2 Å². The minimum atomic E-state index is -3.94. The first kappa shape index (κ1) is 23.8. The molecule has 1 aliphatic rings. The Hall–Kier alpha value is -3.37. The molecule has 1 N–H and O–H groups in total. The number of nitrogens with zero attached hydrogens (tertiary/aromatic N) is 4. The molecular weight excluding hydrogens is 454 g/mol. The quantitative estimate of drug-likeness (QED) is 0.528. The van der Waals surface area contributed by atoms with Gasteiger partial charge < -0.3 is 15.0 Å². The monoisotopic (exact) mass is 483 g/mol. The summed E-state index contributed by atoms with van der Waals surface area (Å²) in [5, 5.41) is 6.72. The molecule has 0 saturated carbocycles. The number of nitrogens with one attached hydrogen (secondary N) is 1. The minimum Gasteiger partial charge on any atom is -0.492 e. The molecule has 0 spiro atoms. The molecule has 0 aliphatic carbocycles. The van der Waals surface area contributed by atoms with E-state index in [1.54, 1.807) is 7.05 Å². The van der Waals surface area contributed by atoms with Gasteiger partial charge in [-0.1, -0.05) is 42.5 Å². The summed E-state index contributed by atoms with van der Waals surface area (Å²) in [6.45, 7) is 4.36. The van der Waals surface area contributed by atoms with Crippen LogP contribution in [0.25, 0.3) is 0 Å². The van der Waals surface area contributed by atoms with E-state index >= 15 is 0 Å². The van der Waals surface area contributed by atoms with Crippen LogP contribution in [-0.2, 0) is 23.6 Å². The number of anilines is 1. The van der Waals surface area contributed by atoms with Crippen molar-refractivity contribution in [3.63, 3.8) is 0 Å². The lowest BCUT2D eigenvalue weighted by molar-refractivity contribution is 0.0947. The molecule has 1 saturated heterocycles. The first-order valence-electron chi connectivity index (χ1n) is 11.2. The van der Waals surface area contributed by atoms with Gasteiger partial charge in [0.1, 0.15) is 5.75 Å². The number of aryl methyl sites for hydroxylation is 1. The molecule has 0 radical (unpaired) electrons. The molecule has 9 nitrogen and oxygen atoms in total. The van der Waals surface area contributed by atoms with Crippen molar-refractivity contribution in [1.82, 2.24) is 19.4 Å². The van der Waals surface area contributed by atoms with E-state index in [-0.39, 0.29) is 23.7 Å². The van der Waals surface area contributed by atoms with Crippen LogP contribution in [0.4, 0.5) is 5.69 Å². The van der Waals surface area contributed by atoms with Crippen LogP contribution in [0.1, 0.15) is 22.8 Å². The van der Waals surface area contributed by atoms with Crippen LogP contribution in [0.2, 0.25) is 0 Å². The van der Waals surface area contributed by atoms with Crippen LogP contribution in [0, 0.1) is 0 Å². The maximum absolute atomic E-state index is 13.4. The third kappa shape index (κ3) is 5.07. The maximum atomic E-state index is 13.4. The van der Waals surface area contributed by atoms with Gasteiger partial charge in [-0.05, 0) is 24.6 Å². The van der Waals surface area contributed by atoms with Crippen LogP contribution in [0.15, 0.2) is 65.8 Å². The normalized spacial score (nSPS) is 14.7. The van der Waals surface area contributed by atoms with Gasteiger partial charge in [-0.2, -0.15) is 9.40 Å². The number of rotatable bonds is 8. The van der Waals surface area contributed by atoms with Crippen LogP contribution < -0.4 is 15.0 Å². The Kier molecular flexibility index (Phi) is 7.18. The van der Waals surface area contributed by atoms with Gasteiger partial charge in [0, 0.05) is 46.0 Å². The molecule has 1 aromatic heterocycles. The Morgan fingerprint density at radius 3 is 2.41 bits per heavy atom. The number of benzene rings is 2. The largest absolute Gasteiger partial charge is 0.492 e. The van der Waals surface area contributed by atoms with Crippen LogP contribution >= 0.6 is 0 Å². The summed E-state index contributed by atoms with van der Waals surface area (Å²) < 4.78 is 35.4. The highest BCUT2D eigenvalue weighted by Gasteiger charge is 2.34. The molecule has 1 fully saturated rings. The molecule has 2 heterocycles. The second-order valence-corrected chi connectivity index (χ2v) is 9.83. The van der Waals surface area contributed by atoms with Gasteiger partial charge in [-0.15, -0.1) is 0 Å². The van der Waals surface area contributed by atoms with Crippen molar-refractivity contribution in [2.24, 2.45) is 7.05 Å². The molecule has 34 heavy (non-hydrogen) atoms. The Bertz CT molecular complexity index is 1240. The fourth-order valence-electron chi connectivity index (χ4n) is 3.98. The van der Waals surface area contributed by atoms with E-state index in [1.807, 2.05) is 61.5 Å². The van der Waals surface area contributed by atoms with E-state index in [0.717, 1.165) is 17.0 Å². The summed E-state index contributed by atoms with van der Waals surface area (Å²) in [4.78, 5) is 15.0. The average molecular weight is 484 g/mol. The Morgan fingerprint density at radius 1 is 1.03 bits per heavy atom. The van der Waals surface area contributed by atoms with Crippen molar-refractivity contribution in [3.05, 3.63) is 71.9 Å². The molecule has 10 heteroatoms.